The molecular weight excluding hydrogens is 438 g/mol. The molecule has 0 saturated carbocycles. The molecule has 0 bridgehead atoms. The highest BCUT2D eigenvalue weighted by molar-refractivity contribution is 7.12. The second kappa shape index (κ2) is 9.13. The molecule has 5 rings (SSSR count). The molecule has 1 aliphatic heterocycles. The summed E-state index contributed by atoms with van der Waals surface area (Å²) in [6.45, 7) is 3.08. The van der Waals surface area contributed by atoms with Crippen LogP contribution in [0.1, 0.15) is 35.8 Å². The van der Waals surface area contributed by atoms with E-state index in [0.29, 0.717) is 42.0 Å². The van der Waals surface area contributed by atoms with Crippen molar-refractivity contribution >= 4 is 33.9 Å². The van der Waals surface area contributed by atoms with Crippen molar-refractivity contribution in [1.82, 2.24) is 19.9 Å². The van der Waals surface area contributed by atoms with Crippen LogP contribution < -0.4 is 5.56 Å². The van der Waals surface area contributed by atoms with E-state index in [4.69, 9.17) is 4.42 Å². The van der Waals surface area contributed by atoms with Gasteiger partial charge in [-0.3, -0.25) is 14.5 Å². The number of nitrogens with zero attached hydrogens (tertiary/aromatic N) is 4. The van der Waals surface area contributed by atoms with Gasteiger partial charge in [-0.25, -0.2) is 9.99 Å². The Kier molecular flexibility index (Phi) is 5.89. The number of hydrogen-bond donors (Lipinski definition) is 1. The van der Waals surface area contributed by atoms with E-state index in [9.17, 15) is 9.59 Å². The van der Waals surface area contributed by atoms with Gasteiger partial charge in [0.2, 0.25) is 0 Å². The number of likely N-dealkylation sites (N-methyl/N-ethyl adjacent to an activating group) is 1. The lowest BCUT2D eigenvalue weighted by Crippen LogP contribution is -2.38. The van der Waals surface area contributed by atoms with Crippen molar-refractivity contribution in [1.29, 1.82) is 0 Å². The Hall–Kier alpha value is -3.56. The molecule has 1 aromatic carbocycles. The molecule has 4 heterocycles. The maximum atomic E-state index is 13.4. The number of H-pyrrole nitrogens is 1. The molecule has 0 spiro atoms. The molecule has 1 atom stereocenters. The molecular formula is C24H23N5O3S. The molecule has 0 radical (unpaired) electrons. The number of carbonyl (C=O) groups excluding carboxylic acids is 1. The maximum absolute atomic E-state index is 13.4. The zero-order valence-corrected chi connectivity index (χ0v) is 18.9. The normalized spacial score (nSPS) is 16.0. The fraction of sp³-hybridized carbons (Fsp3) is 0.250. The van der Waals surface area contributed by atoms with E-state index in [2.05, 4.69) is 15.1 Å². The number of fused-ring (bicyclic) bond motifs is 1. The van der Waals surface area contributed by atoms with E-state index in [1.165, 1.54) is 5.01 Å². The topological polar surface area (TPSA) is 94.8 Å². The highest BCUT2D eigenvalue weighted by Crippen LogP contribution is 2.34. The van der Waals surface area contributed by atoms with Gasteiger partial charge in [0.05, 0.1) is 40.8 Å². The van der Waals surface area contributed by atoms with Gasteiger partial charge in [0.15, 0.2) is 0 Å². The summed E-state index contributed by atoms with van der Waals surface area (Å²) in [5, 5.41) is 8.75. The summed E-state index contributed by atoms with van der Waals surface area (Å²) in [4.78, 5) is 36.2. The SMILES string of the molecule is CCN(CC(=O)N1N=C(c2cccs2)C[C@@H]1c1ccco1)Cc1nc2ccccc2c(=O)[nH]1. The third kappa shape index (κ3) is 4.37. The smallest absolute Gasteiger partial charge is 0.258 e. The lowest BCUT2D eigenvalue weighted by Gasteiger charge is -2.24. The number of thiophene rings is 1. The van der Waals surface area contributed by atoms with Crippen LogP contribution in [-0.4, -0.2) is 44.6 Å². The van der Waals surface area contributed by atoms with Crippen LogP contribution in [-0.2, 0) is 11.3 Å². The molecule has 1 amide bonds. The summed E-state index contributed by atoms with van der Waals surface area (Å²) in [5.74, 6) is 1.11. The Balaban J connectivity index is 1.36. The van der Waals surface area contributed by atoms with Crippen LogP contribution >= 0.6 is 11.3 Å². The Bertz CT molecular complexity index is 1340. The second-order valence-electron chi connectivity index (χ2n) is 7.83. The van der Waals surface area contributed by atoms with Crippen molar-refractivity contribution in [2.24, 2.45) is 5.10 Å². The Morgan fingerprint density at radius 1 is 1.24 bits per heavy atom. The third-order valence-corrected chi connectivity index (χ3v) is 6.60. The first-order valence-electron chi connectivity index (χ1n) is 10.8. The monoisotopic (exact) mass is 461 g/mol. The minimum absolute atomic E-state index is 0.132. The summed E-state index contributed by atoms with van der Waals surface area (Å²) in [6.07, 6.45) is 2.21. The third-order valence-electron chi connectivity index (χ3n) is 5.68. The standard InChI is InChI=1S/C24H23N5O3S/c1-2-28(14-22-25-17-8-4-3-7-16(17)24(31)26-22)15-23(30)29-19(20-9-5-11-32-20)13-18(27-29)21-10-6-12-33-21/h3-12,19H,2,13-15H2,1H3,(H,25,26,31)/t19-/m1/s1. The van der Waals surface area contributed by atoms with Crippen molar-refractivity contribution < 1.29 is 9.21 Å². The molecule has 3 aromatic heterocycles. The molecule has 0 aliphatic carbocycles. The number of rotatable bonds is 7. The molecule has 0 saturated heterocycles. The van der Waals surface area contributed by atoms with Crippen LogP contribution in [0.5, 0.6) is 0 Å². The highest BCUT2D eigenvalue weighted by Gasteiger charge is 2.35. The van der Waals surface area contributed by atoms with Gasteiger partial charge in [-0.1, -0.05) is 25.1 Å². The quantitative estimate of drug-likeness (QED) is 0.452. The van der Waals surface area contributed by atoms with Gasteiger partial charge in [-0.2, -0.15) is 5.10 Å². The number of furan rings is 1. The zero-order valence-electron chi connectivity index (χ0n) is 18.1. The highest BCUT2D eigenvalue weighted by atomic mass is 32.1. The van der Waals surface area contributed by atoms with Gasteiger partial charge in [-0.15, -0.1) is 11.3 Å². The summed E-state index contributed by atoms with van der Waals surface area (Å²) < 4.78 is 5.62. The molecule has 168 valence electrons. The first kappa shape index (κ1) is 21.3. The van der Waals surface area contributed by atoms with Crippen LogP contribution in [0.2, 0.25) is 0 Å². The predicted octanol–water partition coefficient (Wildman–Crippen LogP) is 3.78. The average molecular weight is 462 g/mol. The van der Waals surface area contributed by atoms with Crippen LogP contribution in [0.15, 0.2) is 74.5 Å². The number of hydrazone groups is 1. The molecule has 8 nitrogen and oxygen atoms in total. The van der Waals surface area contributed by atoms with Gasteiger partial charge < -0.3 is 9.40 Å². The Labute approximate surface area is 194 Å². The number of hydrogen-bond acceptors (Lipinski definition) is 7. The van der Waals surface area contributed by atoms with Gasteiger partial charge >= 0.3 is 0 Å². The zero-order chi connectivity index (χ0) is 22.8. The first-order chi connectivity index (χ1) is 16.1. The number of nitrogens with one attached hydrogen (secondary N) is 1. The van der Waals surface area contributed by atoms with Crippen molar-refractivity contribution in [2.75, 3.05) is 13.1 Å². The van der Waals surface area contributed by atoms with Crippen molar-refractivity contribution in [3.63, 3.8) is 0 Å². The average Bonchev–Trinajstić information content (AvgIpc) is 3.59. The molecule has 33 heavy (non-hydrogen) atoms. The summed E-state index contributed by atoms with van der Waals surface area (Å²) in [5.41, 5.74) is 1.34. The van der Waals surface area contributed by atoms with E-state index < -0.39 is 0 Å². The maximum Gasteiger partial charge on any atom is 0.258 e. The predicted molar refractivity (Wildman–Crippen MR) is 127 cm³/mol. The largest absolute Gasteiger partial charge is 0.467 e. The van der Waals surface area contributed by atoms with E-state index in [1.807, 2.05) is 59.7 Å². The van der Waals surface area contributed by atoms with Crippen LogP contribution in [0.3, 0.4) is 0 Å². The number of aromatic amines is 1. The van der Waals surface area contributed by atoms with Gasteiger partial charge in [-0.05, 0) is 42.3 Å². The molecule has 1 N–H and O–H groups in total. The number of aromatic nitrogens is 2. The lowest BCUT2D eigenvalue weighted by molar-refractivity contribution is -0.134. The van der Waals surface area contributed by atoms with E-state index >= 15 is 0 Å². The fourth-order valence-corrected chi connectivity index (χ4v) is 4.72. The van der Waals surface area contributed by atoms with Crippen LogP contribution in [0, 0.1) is 0 Å². The van der Waals surface area contributed by atoms with E-state index in [1.54, 1.807) is 23.7 Å². The summed E-state index contributed by atoms with van der Waals surface area (Å²) >= 11 is 1.60. The lowest BCUT2D eigenvalue weighted by atomic mass is 10.1. The minimum atomic E-state index is -0.276. The van der Waals surface area contributed by atoms with Gasteiger partial charge in [0, 0.05) is 6.42 Å². The molecule has 1 aliphatic rings. The van der Waals surface area contributed by atoms with Crippen molar-refractivity contribution in [3.05, 3.63) is 87.0 Å². The summed E-state index contributed by atoms with van der Waals surface area (Å²) in [7, 11) is 0. The minimum Gasteiger partial charge on any atom is -0.467 e. The Morgan fingerprint density at radius 2 is 2.12 bits per heavy atom. The van der Waals surface area contributed by atoms with E-state index in [-0.39, 0.29) is 24.1 Å². The Morgan fingerprint density at radius 3 is 2.88 bits per heavy atom. The number of amides is 1. The van der Waals surface area contributed by atoms with Crippen molar-refractivity contribution in [2.45, 2.75) is 25.9 Å². The number of para-hydroxylation sites is 1. The second-order valence-corrected chi connectivity index (χ2v) is 8.78. The van der Waals surface area contributed by atoms with Gasteiger partial charge in [0.1, 0.15) is 17.6 Å². The molecule has 4 aromatic rings. The molecule has 0 fully saturated rings. The number of carbonyl (C=O) groups is 1. The summed E-state index contributed by atoms with van der Waals surface area (Å²) in [6, 6.07) is 14.6. The molecule has 0 unspecified atom stereocenters. The van der Waals surface area contributed by atoms with Gasteiger partial charge in [0.25, 0.3) is 11.5 Å². The van der Waals surface area contributed by atoms with Crippen LogP contribution in [0.4, 0.5) is 0 Å². The van der Waals surface area contributed by atoms with Crippen LogP contribution in [0.25, 0.3) is 10.9 Å². The fourth-order valence-electron chi connectivity index (χ4n) is 4.00. The molecule has 9 heteroatoms. The first-order valence-corrected chi connectivity index (χ1v) is 11.7. The van der Waals surface area contributed by atoms with E-state index in [0.717, 1.165) is 10.6 Å². The van der Waals surface area contributed by atoms with Crippen molar-refractivity contribution in [3.8, 4) is 0 Å². The number of benzene rings is 1.